The highest BCUT2D eigenvalue weighted by molar-refractivity contribution is 6.12. The van der Waals surface area contributed by atoms with Crippen LogP contribution in [0.15, 0.2) is 91.5 Å². The molecule has 0 radical (unpaired) electrons. The molecule has 0 aliphatic rings. The topological polar surface area (TPSA) is 0 Å². The summed E-state index contributed by atoms with van der Waals surface area (Å²) >= 11 is 0. The Hall–Kier alpha value is -2.86. The number of rotatable bonds is 4. The summed E-state index contributed by atoms with van der Waals surface area (Å²) in [4.78, 5) is 0. The monoisotopic (exact) mass is 308 g/mol. The lowest BCUT2D eigenvalue weighted by Gasteiger charge is -2.13. The summed E-state index contributed by atoms with van der Waals surface area (Å²) in [6, 6.07) is 28.6. The van der Waals surface area contributed by atoms with Crippen LogP contribution in [0.25, 0.3) is 32.7 Å². The predicted octanol–water partition coefficient (Wildman–Crippen LogP) is 6.78. The lowest BCUT2D eigenvalue weighted by atomic mass is 9.91. The van der Waals surface area contributed by atoms with Gasteiger partial charge >= 0.3 is 0 Å². The molecule has 0 aromatic heterocycles. The molecular formula is C24H20. The van der Waals surface area contributed by atoms with Gasteiger partial charge in [-0.2, -0.15) is 0 Å². The first kappa shape index (κ1) is 14.7. The van der Waals surface area contributed by atoms with Crippen molar-refractivity contribution in [2.75, 3.05) is 0 Å². The second-order valence-corrected chi connectivity index (χ2v) is 6.22. The molecule has 24 heavy (non-hydrogen) atoms. The minimum atomic E-state index is 1.01. The van der Waals surface area contributed by atoms with Gasteiger partial charge in [0.15, 0.2) is 0 Å². The van der Waals surface area contributed by atoms with Crippen molar-refractivity contribution in [1.82, 2.24) is 0 Å². The maximum Gasteiger partial charge on any atom is -0.00267 e. The smallest absolute Gasteiger partial charge is 0.00267 e. The molecule has 0 atom stereocenters. The number of fused-ring (bicyclic) bond motifs is 2. The van der Waals surface area contributed by atoms with E-state index in [1.807, 2.05) is 6.08 Å². The second-order valence-electron chi connectivity index (χ2n) is 6.22. The van der Waals surface area contributed by atoms with Gasteiger partial charge < -0.3 is 0 Å². The van der Waals surface area contributed by atoms with Crippen LogP contribution in [-0.2, 0) is 6.42 Å². The van der Waals surface area contributed by atoms with Crippen molar-refractivity contribution < 1.29 is 0 Å². The molecule has 0 saturated heterocycles. The molecule has 4 aromatic carbocycles. The average Bonchev–Trinajstić information content (AvgIpc) is 2.64. The first-order chi connectivity index (χ1) is 11.9. The van der Waals surface area contributed by atoms with E-state index in [9.17, 15) is 0 Å². The second kappa shape index (κ2) is 6.33. The van der Waals surface area contributed by atoms with Crippen molar-refractivity contribution in [3.8, 4) is 11.1 Å². The highest BCUT2D eigenvalue weighted by atomic mass is 14.1. The zero-order chi connectivity index (χ0) is 16.4. The molecule has 0 aliphatic heterocycles. The van der Waals surface area contributed by atoms with E-state index in [0.717, 1.165) is 12.8 Å². The van der Waals surface area contributed by atoms with Gasteiger partial charge in [-0.3, -0.25) is 0 Å². The summed E-state index contributed by atoms with van der Waals surface area (Å²) in [6.45, 7) is 3.84. The number of benzene rings is 4. The van der Waals surface area contributed by atoms with Crippen LogP contribution in [0.4, 0.5) is 0 Å². The van der Waals surface area contributed by atoms with Gasteiger partial charge in [0, 0.05) is 0 Å². The van der Waals surface area contributed by atoms with Crippen LogP contribution < -0.4 is 0 Å². The molecule has 116 valence electrons. The van der Waals surface area contributed by atoms with E-state index >= 15 is 0 Å². The third-order valence-corrected chi connectivity index (χ3v) is 4.62. The molecule has 4 aromatic rings. The van der Waals surface area contributed by atoms with Gasteiger partial charge in [0.25, 0.3) is 0 Å². The molecule has 4 rings (SSSR count). The van der Waals surface area contributed by atoms with Gasteiger partial charge in [-0.15, -0.1) is 6.58 Å². The Morgan fingerprint density at radius 2 is 1.38 bits per heavy atom. The highest BCUT2D eigenvalue weighted by Crippen LogP contribution is 2.36. The fourth-order valence-electron chi connectivity index (χ4n) is 3.48. The lowest BCUT2D eigenvalue weighted by molar-refractivity contribution is 1.00. The van der Waals surface area contributed by atoms with E-state index < -0.39 is 0 Å². The predicted molar refractivity (Wildman–Crippen MR) is 105 cm³/mol. The standard InChI is InChI=1S/C24H20/c1-2-3-9-18-10-8-13-21(16-18)24-22-14-6-4-11-19(22)17-20-12-5-7-15-23(20)24/h2,4-8,10-17H,1,3,9H2. The SMILES string of the molecule is C=CCCc1cccc(-c2c3ccccc3cc3ccccc23)c1. The van der Waals surface area contributed by atoms with Crippen LogP contribution in [0.3, 0.4) is 0 Å². The van der Waals surface area contributed by atoms with Crippen LogP contribution in [0, 0.1) is 0 Å². The molecule has 0 heteroatoms. The number of allylic oxidation sites excluding steroid dienone is 1. The molecule has 0 saturated carbocycles. The minimum Gasteiger partial charge on any atom is -0.103 e. The molecule has 0 aliphatic carbocycles. The Labute approximate surface area is 143 Å². The number of aryl methyl sites for hydroxylation is 1. The van der Waals surface area contributed by atoms with Crippen molar-refractivity contribution in [2.45, 2.75) is 12.8 Å². The van der Waals surface area contributed by atoms with Gasteiger partial charge in [-0.25, -0.2) is 0 Å². The van der Waals surface area contributed by atoms with Crippen molar-refractivity contribution in [3.05, 3.63) is 97.1 Å². The molecule has 0 unspecified atom stereocenters. The summed E-state index contributed by atoms with van der Waals surface area (Å²) < 4.78 is 0. The Bertz CT molecular complexity index is 970. The summed E-state index contributed by atoms with van der Waals surface area (Å²) in [7, 11) is 0. The van der Waals surface area contributed by atoms with E-state index in [-0.39, 0.29) is 0 Å². The zero-order valence-electron chi connectivity index (χ0n) is 13.7. The van der Waals surface area contributed by atoms with Gasteiger partial charge in [0.1, 0.15) is 0 Å². The van der Waals surface area contributed by atoms with Crippen molar-refractivity contribution in [2.24, 2.45) is 0 Å². The summed E-state index contributed by atoms with van der Waals surface area (Å²) in [5.41, 5.74) is 4.00. The van der Waals surface area contributed by atoms with Gasteiger partial charge in [-0.05, 0) is 57.1 Å². The first-order valence-corrected chi connectivity index (χ1v) is 8.47. The maximum atomic E-state index is 3.84. The van der Waals surface area contributed by atoms with Gasteiger partial charge in [0.05, 0.1) is 0 Å². The summed E-state index contributed by atoms with van der Waals surface area (Å²) in [5, 5.41) is 5.22. The third kappa shape index (κ3) is 2.61. The highest BCUT2D eigenvalue weighted by Gasteiger charge is 2.09. The third-order valence-electron chi connectivity index (χ3n) is 4.62. The van der Waals surface area contributed by atoms with Crippen LogP contribution in [-0.4, -0.2) is 0 Å². The Balaban J connectivity index is 2.01. The molecule has 0 bridgehead atoms. The van der Waals surface area contributed by atoms with Gasteiger partial charge in [-0.1, -0.05) is 78.9 Å². The van der Waals surface area contributed by atoms with E-state index in [4.69, 9.17) is 0 Å². The Morgan fingerprint density at radius 3 is 2.04 bits per heavy atom. The molecule has 0 fully saturated rings. The fourth-order valence-corrected chi connectivity index (χ4v) is 3.48. The van der Waals surface area contributed by atoms with Crippen LogP contribution in [0.2, 0.25) is 0 Å². The number of hydrogen-bond donors (Lipinski definition) is 0. The fraction of sp³-hybridized carbons (Fsp3) is 0.0833. The van der Waals surface area contributed by atoms with Crippen LogP contribution in [0.5, 0.6) is 0 Å². The molecular weight excluding hydrogens is 288 g/mol. The summed E-state index contributed by atoms with van der Waals surface area (Å²) in [5.74, 6) is 0. The Kier molecular flexibility index (Phi) is 3.88. The molecule has 0 amide bonds. The van der Waals surface area contributed by atoms with Gasteiger partial charge in [0.2, 0.25) is 0 Å². The van der Waals surface area contributed by atoms with E-state index in [1.165, 1.54) is 38.2 Å². The van der Waals surface area contributed by atoms with Crippen molar-refractivity contribution >= 4 is 21.5 Å². The zero-order valence-corrected chi connectivity index (χ0v) is 13.7. The average molecular weight is 308 g/mol. The Morgan fingerprint density at radius 1 is 0.708 bits per heavy atom. The van der Waals surface area contributed by atoms with Crippen molar-refractivity contribution in [1.29, 1.82) is 0 Å². The van der Waals surface area contributed by atoms with Crippen molar-refractivity contribution in [3.63, 3.8) is 0 Å². The molecule has 0 spiro atoms. The van der Waals surface area contributed by atoms with Crippen LogP contribution >= 0.6 is 0 Å². The van der Waals surface area contributed by atoms with E-state index in [1.54, 1.807) is 0 Å². The number of hydrogen-bond acceptors (Lipinski definition) is 0. The van der Waals surface area contributed by atoms with E-state index in [0.29, 0.717) is 0 Å². The maximum absolute atomic E-state index is 3.84. The quantitative estimate of drug-likeness (QED) is 0.288. The summed E-state index contributed by atoms with van der Waals surface area (Å²) in [6.07, 6.45) is 4.04. The molecule has 0 nitrogen and oxygen atoms in total. The molecule has 0 heterocycles. The lowest BCUT2D eigenvalue weighted by Crippen LogP contribution is -1.88. The minimum absolute atomic E-state index is 1.01. The largest absolute Gasteiger partial charge is 0.103 e. The normalized spacial score (nSPS) is 11.0. The first-order valence-electron chi connectivity index (χ1n) is 8.47. The molecule has 0 N–H and O–H groups in total. The van der Waals surface area contributed by atoms with Crippen LogP contribution in [0.1, 0.15) is 12.0 Å². The van der Waals surface area contributed by atoms with E-state index in [2.05, 4.69) is 85.4 Å².